The number of tetrazole rings is 1. The molecule has 2 N–H and O–H groups in total. The first kappa shape index (κ1) is 15.3. The number of anilines is 1. The summed E-state index contributed by atoms with van der Waals surface area (Å²) in [5.74, 6) is 1.45. The third-order valence-electron chi connectivity index (χ3n) is 3.10. The monoisotopic (exact) mass is 289 g/mol. The molecule has 0 aliphatic heterocycles. The van der Waals surface area contributed by atoms with Gasteiger partial charge in [-0.05, 0) is 41.3 Å². The fourth-order valence-electron chi connectivity index (χ4n) is 2.00. The predicted molar refractivity (Wildman–Crippen MR) is 82.9 cm³/mol. The van der Waals surface area contributed by atoms with E-state index >= 15 is 0 Å². The Hall–Kier alpha value is -2.11. The van der Waals surface area contributed by atoms with Gasteiger partial charge in [-0.1, -0.05) is 20.8 Å². The zero-order valence-corrected chi connectivity index (χ0v) is 13.1. The van der Waals surface area contributed by atoms with E-state index in [9.17, 15) is 0 Å². The summed E-state index contributed by atoms with van der Waals surface area (Å²) in [5, 5.41) is 12.0. The molecule has 2 aromatic rings. The van der Waals surface area contributed by atoms with Crippen LogP contribution >= 0.6 is 0 Å². The van der Waals surface area contributed by atoms with Gasteiger partial charge < -0.3 is 10.5 Å². The third-order valence-corrected chi connectivity index (χ3v) is 3.10. The molecule has 0 bridgehead atoms. The molecule has 114 valence electrons. The summed E-state index contributed by atoms with van der Waals surface area (Å²) in [6.45, 7) is 9.90. The Kier molecular flexibility index (Phi) is 4.45. The quantitative estimate of drug-likeness (QED) is 0.856. The van der Waals surface area contributed by atoms with Gasteiger partial charge in [0, 0.05) is 23.9 Å². The van der Waals surface area contributed by atoms with Crippen LogP contribution < -0.4 is 10.5 Å². The lowest BCUT2D eigenvalue weighted by Gasteiger charge is -2.18. The molecule has 1 heterocycles. The van der Waals surface area contributed by atoms with E-state index in [2.05, 4.69) is 36.3 Å². The first-order chi connectivity index (χ1) is 9.89. The minimum atomic E-state index is 0.232. The van der Waals surface area contributed by atoms with Crippen LogP contribution in [0.1, 0.15) is 34.1 Å². The van der Waals surface area contributed by atoms with Crippen LogP contribution in [0.4, 0.5) is 5.69 Å². The summed E-state index contributed by atoms with van der Waals surface area (Å²) in [6, 6.07) is 5.58. The molecule has 0 saturated heterocycles. The molecule has 2 rings (SSSR count). The number of nitrogens with zero attached hydrogens (tertiary/aromatic N) is 4. The van der Waals surface area contributed by atoms with Crippen molar-refractivity contribution in [2.24, 2.45) is 5.41 Å². The van der Waals surface area contributed by atoms with E-state index in [0.717, 1.165) is 24.3 Å². The predicted octanol–water partition coefficient (Wildman–Crippen LogP) is 2.76. The second-order valence-corrected chi connectivity index (χ2v) is 6.26. The van der Waals surface area contributed by atoms with Crippen molar-refractivity contribution >= 4 is 5.69 Å². The van der Waals surface area contributed by atoms with Gasteiger partial charge in [0.2, 0.25) is 0 Å². The molecule has 21 heavy (non-hydrogen) atoms. The van der Waals surface area contributed by atoms with Crippen LogP contribution in [-0.4, -0.2) is 26.8 Å². The molecule has 1 aromatic carbocycles. The van der Waals surface area contributed by atoms with Gasteiger partial charge >= 0.3 is 0 Å². The van der Waals surface area contributed by atoms with Crippen LogP contribution in [-0.2, 0) is 6.54 Å². The van der Waals surface area contributed by atoms with Gasteiger partial charge in [-0.15, -0.1) is 5.10 Å². The van der Waals surface area contributed by atoms with E-state index in [1.165, 1.54) is 0 Å². The smallest absolute Gasteiger partial charge is 0.182 e. The van der Waals surface area contributed by atoms with Gasteiger partial charge in [0.1, 0.15) is 5.75 Å². The highest BCUT2D eigenvalue weighted by molar-refractivity contribution is 5.64. The van der Waals surface area contributed by atoms with Crippen LogP contribution in [0.25, 0.3) is 11.4 Å². The van der Waals surface area contributed by atoms with E-state index in [1.807, 2.05) is 23.7 Å². The van der Waals surface area contributed by atoms with Crippen LogP contribution in [0.3, 0.4) is 0 Å². The average Bonchev–Trinajstić information content (AvgIpc) is 2.83. The Balaban J connectivity index is 2.28. The number of aromatic nitrogens is 4. The highest BCUT2D eigenvalue weighted by Gasteiger charge is 2.15. The Morgan fingerprint density at radius 2 is 2.00 bits per heavy atom. The highest BCUT2D eigenvalue weighted by atomic mass is 16.5. The van der Waals surface area contributed by atoms with Crippen molar-refractivity contribution in [1.29, 1.82) is 0 Å². The Morgan fingerprint density at radius 3 is 2.67 bits per heavy atom. The minimum Gasteiger partial charge on any atom is -0.494 e. The topological polar surface area (TPSA) is 78.8 Å². The van der Waals surface area contributed by atoms with Gasteiger partial charge in [0.15, 0.2) is 5.82 Å². The average molecular weight is 289 g/mol. The summed E-state index contributed by atoms with van der Waals surface area (Å²) in [7, 11) is 0. The summed E-state index contributed by atoms with van der Waals surface area (Å²) in [5.41, 5.74) is 7.68. The Labute approximate surface area is 125 Å². The summed E-state index contributed by atoms with van der Waals surface area (Å²) >= 11 is 0. The number of aryl methyl sites for hydroxylation is 1. The normalized spacial score (nSPS) is 11.6. The fourth-order valence-corrected chi connectivity index (χ4v) is 2.00. The first-order valence-electron chi connectivity index (χ1n) is 7.19. The molecule has 0 fully saturated rings. The van der Waals surface area contributed by atoms with Crippen molar-refractivity contribution in [1.82, 2.24) is 20.2 Å². The lowest BCUT2D eigenvalue weighted by molar-refractivity contribution is 0.338. The number of rotatable bonds is 5. The molecule has 0 amide bonds. The van der Waals surface area contributed by atoms with E-state index in [1.54, 1.807) is 6.07 Å². The van der Waals surface area contributed by atoms with Crippen molar-refractivity contribution in [3.63, 3.8) is 0 Å². The van der Waals surface area contributed by atoms with Crippen LogP contribution in [0, 0.1) is 5.41 Å². The van der Waals surface area contributed by atoms with Crippen molar-refractivity contribution < 1.29 is 4.74 Å². The number of hydrogen-bond acceptors (Lipinski definition) is 5. The lowest BCUT2D eigenvalue weighted by Crippen LogP contribution is -2.12. The molecular weight excluding hydrogens is 266 g/mol. The molecule has 0 saturated carbocycles. The van der Waals surface area contributed by atoms with E-state index in [0.29, 0.717) is 18.1 Å². The fraction of sp³-hybridized carbons (Fsp3) is 0.533. The van der Waals surface area contributed by atoms with Crippen LogP contribution in [0.15, 0.2) is 18.2 Å². The van der Waals surface area contributed by atoms with Gasteiger partial charge in [-0.25, -0.2) is 4.68 Å². The Bertz CT molecular complexity index is 600. The molecule has 1 aromatic heterocycles. The molecular formula is C15H23N5O. The molecule has 0 atom stereocenters. The van der Waals surface area contributed by atoms with Crippen LogP contribution in [0.2, 0.25) is 0 Å². The van der Waals surface area contributed by atoms with Gasteiger partial charge in [-0.3, -0.25) is 0 Å². The van der Waals surface area contributed by atoms with Crippen molar-refractivity contribution in [3.8, 4) is 17.1 Å². The maximum Gasteiger partial charge on any atom is 0.182 e. The Morgan fingerprint density at radius 1 is 1.24 bits per heavy atom. The van der Waals surface area contributed by atoms with Crippen molar-refractivity contribution in [2.75, 3.05) is 12.3 Å². The molecule has 0 radical (unpaired) electrons. The van der Waals surface area contributed by atoms with Gasteiger partial charge in [-0.2, -0.15) is 0 Å². The molecule has 0 unspecified atom stereocenters. The zero-order chi connectivity index (χ0) is 15.5. The molecule has 6 heteroatoms. The summed E-state index contributed by atoms with van der Waals surface area (Å²) in [6.07, 6.45) is 0.992. The zero-order valence-electron chi connectivity index (χ0n) is 13.1. The maximum atomic E-state index is 5.93. The van der Waals surface area contributed by atoms with E-state index in [-0.39, 0.29) is 5.41 Å². The lowest BCUT2D eigenvalue weighted by atomic mass is 9.92. The molecule has 0 aliphatic carbocycles. The number of ether oxygens (including phenoxy) is 1. The number of benzene rings is 1. The number of nitrogens with two attached hydrogens (primary N) is 1. The highest BCUT2D eigenvalue weighted by Crippen LogP contribution is 2.27. The van der Waals surface area contributed by atoms with E-state index < -0.39 is 0 Å². The molecule has 0 aliphatic rings. The first-order valence-corrected chi connectivity index (χ1v) is 7.19. The van der Waals surface area contributed by atoms with Crippen molar-refractivity contribution in [3.05, 3.63) is 18.2 Å². The SMILES string of the molecule is CCOc1cc(N)cc(-c2nnnn2CCC(C)(C)C)c1. The van der Waals surface area contributed by atoms with Gasteiger partial charge in [0.25, 0.3) is 0 Å². The largest absolute Gasteiger partial charge is 0.494 e. The maximum absolute atomic E-state index is 5.93. The summed E-state index contributed by atoms with van der Waals surface area (Å²) < 4.78 is 7.34. The number of hydrogen-bond donors (Lipinski definition) is 1. The van der Waals surface area contributed by atoms with Gasteiger partial charge in [0.05, 0.1) is 6.61 Å². The van der Waals surface area contributed by atoms with Crippen molar-refractivity contribution in [2.45, 2.75) is 40.7 Å². The second-order valence-electron chi connectivity index (χ2n) is 6.26. The van der Waals surface area contributed by atoms with Crippen LogP contribution in [0.5, 0.6) is 5.75 Å². The third kappa shape index (κ3) is 4.18. The standard InChI is InChI=1S/C15H23N5O/c1-5-21-13-9-11(8-12(16)10-13)14-17-18-19-20(14)7-6-15(2,3)4/h8-10H,5-7,16H2,1-4H3. The molecule has 0 spiro atoms. The summed E-state index contributed by atoms with van der Waals surface area (Å²) in [4.78, 5) is 0. The molecule has 6 nitrogen and oxygen atoms in total. The number of nitrogen functional groups attached to an aromatic ring is 1. The van der Waals surface area contributed by atoms with E-state index in [4.69, 9.17) is 10.5 Å². The minimum absolute atomic E-state index is 0.232. The second kappa shape index (κ2) is 6.11.